The van der Waals surface area contributed by atoms with E-state index in [2.05, 4.69) is 65.3 Å². The maximum absolute atomic E-state index is 13.7. The van der Waals surface area contributed by atoms with E-state index >= 15 is 0 Å². The van der Waals surface area contributed by atoms with Crippen LogP contribution in [0.2, 0.25) is 43.8 Å². The van der Waals surface area contributed by atoms with Crippen LogP contribution in [0.15, 0.2) is 18.2 Å². The molecule has 7 atom stereocenters. The molecule has 2 N–H and O–H groups in total. The summed E-state index contributed by atoms with van der Waals surface area (Å²) in [6, 6.07) is 5.42. The van der Waals surface area contributed by atoms with Crippen molar-refractivity contribution in [3.05, 3.63) is 23.8 Å². The van der Waals surface area contributed by atoms with E-state index in [1.165, 1.54) is 4.90 Å². The highest BCUT2D eigenvalue weighted by molar-refractivity contribution is 6.76. The zero-order valence-electron chi connectivity index (χ0n) is 24.7. The Bertz CT molecular complexity index is 1240. The minimum atomic E-state index is -2.21. The van der Waals surface area contributed by atoms with Gasteiger partial charge < -0.3 is 24.1 Å². The Morgan fingerprint density at radius 1 is 1.13 bits per heavy atom. The molecule has 1 aliphatic carbocycles. The van der Waals surface area contributed by atoms with E-state index in [0.717, 1.165) is 6.04 Å². The van der Waals surface area contributed by atoms with Gasteiger partial charge in [-0.3, -0.25) is 4.90 Å². The Balaban J connectivity index is 1.88. The lowest BCUT2D eigenvalue weighted by molar-refractivity contribution is -0.0768. The lowest BCUT2D eigenvalue weighted by Crippen LogP contribution is -2.65. The number of epoxide rings is 1. The molecule has 39 heavy (non-hydrogen) atoms. The fourth-order valence-electron chi connectivity index (χ4n) is 5.90. The van der Waals surface area contributed by atoms with Crippen molar-refractivity contribution in [2.45, 2.75) is 101 Å². The molecule has 4 rings (SSSR count). The van der Waals surface area contributed by atoms with Gasteiger partial charge in [0, 0.05) is 19.6 Å². The summed E-state index contributed by atoms with van der Waals surface area (Å²) in [6.45, 7) is 19.5. The minimum absolute atomic E-state index is 0.0389. The number of nitrogens with zero attached hydrogens (tertiary/aromatic N) is 1. The Morgan fingerprint density at radius 2 is 1.77 bits per heavy atom. The molecule has 1 aromatic carbocycles. The monoisotopic (exact) mass is 569 g/mol. The summed E-state index contributed by atoms with van der Waals surface area (Å²) >= 11 is 0. The molecule has 2 fully saturated rings. The maximum atomic E-state index is 13.7. The van der Waals surface area contributed by atoms with Crippen LogP contribution in [0.3, 0.4) is 0 Å². The molecule has 1 saturated carbocycles. The molecule has 1 saturated heterocycles. The third kappa shape index (κ3) is 4.34. The molecule has 3 aliphatic rings. The van der Waals surface area contributed by atoms with Crippen LogP contribution in [-0.4, -0.2) is 63.2 Å². The van der Waals surface area contributed by atoms with Crippen LogP contribution in [0.4, 0.5) is 10.5 Å². The SMILES string of the molecule is C#C[C@@H]1N(C(=O)OCC[Si](C)(C)C)c2ccc(O[Si](C)(C)C(C)(C)C)cc2[C@@]23O[C@@]12[C@@H](C)[C@H](O)[C@H](O)[C@H]3C#C. The van der Waals surface area contributed by atoms with Crippen molar-refractivity contribution >= 4 is 28.2 Å². The van der Waals surface area contributed by atoms with Gasteiger partial charge in [0.2, 0.25) is 8.32 Å². The summed E-state index contributed by atoms with van der Waals surface area (Å²) in [5, 5.41) is 22.1. The predicted molar refractivity (Wildman–Crippen MR) is 158 cm³/mol. The molecular formula is C30H43NO6Si2. The lowest BCUT2D eigenvalue weighted by Gasteiger charge is -2.49. The Morgan fingerprint density at radius 3 is 2.31 bits per heavy atom. The number of aliphatic hydroxyl groups excluding tert-OH is 2. The number of aliphatic hydroxyl groups is 2. The summed E-state index contributed by atoms with van der Waals surface area (Å²) < 4.78 is 19.0. The van der Waals surface area contributed by atoms with Crippen molar-refractivity contribution in [1.29, 1.82) is 0 Å². The number of hydrogen-bond donors (Lipinski definition) is 2. The molecule has 0 spiro atoms. The van der Waals surface area contributed by atoms with E-state index in [1.54, 1.807) is 13.0 Å². The van der Waals surface area contributed by atoms with Gasteiger partial charge in [-0.1, -0.05) is 59.2 Å². The number of carbonyl (C=O) groups excluding carboxylic acids is 1. The zero-order valence-corrected chi connectivity index (χ0v) is 26.7. The number of amides is 1. The average molecular weight is 570 g/mol. The first-order chi connectivity index (χ1) is 17.9. The van der Waals surface area contributed by atoms with Gasteiger partial charge in [0.25, 0.3) is 0 Å². The van der Waals surface area contributed by atoms with Crippen LogP contribution in [0.1, 0.15) is 33.3 Å². The first kappa shape index (κ1) is 29.7. The van der Waals surface area contributed by atoms with Crippen LogP contribution in [0.5, 0.6) is 5.75 Å². The highest BCUT2D eigenvalue weighted by Crippen LogP contribution is 2.73. The van der Waals surface area contributed by atoms with Crippen LogP contribution in [-0.2, 0) is 15.1 Å². The molecule has 1 amide bonds. The summed E-state index contributed by atoms with van der Waals surface area (Å²) in [5.74, 6) is 4.59. The fraction of sp³-hybridized carbons (Fsp3) is 0.633. The van der Waals surface area contributed by atoms with Crippen molar-refractivity contribution in [3.63, 3.8) is 0 Å². The Kier molecular flexibility index (Phi) is 7.15. The van der Waals surface area contributed by atoms with E-state index in [9.17, 15) is 15.0 Å². The largest absolute Gasteiger partial charge is 0.543 e. The van der Waals surface area contributed by atoms with Gasteiger partial charge in [-0.05, 0) is 42.4 Å². The molecule has 0 aromatic heterocycles. The summed E-state index contributed by atoms with van der Waals surface area (Å²) in [7, 11) is -3.66. The fourth-order valence-corrected chi connectivity index (χ4v) is 7.64. The number of benzene rings is 1. The molecule has 9 heteroatoms. The quantitative estimate of drug-likeness (QED) is 0.296. The second-order valence-electron chi connectivity index (χ2n) is 14.0. The van der Waals surface area contributed by atoms with E-state index in [4.69, 9.17) is 26.7 Å². The second-order valence-corrected chi connectivity index (χ2v) is 24.3. The van der Waals surface area contributed by atoms with E-state index in [-0.39, 0.29) is 11.6 Å². The van der Waals surface area contributed by atoms with Crippen LogP contribution in [0, 0.1) is 36.5 Å². The van der Waals surface area contributed by atoms with E-state index in [1.807, 2.05) is 12.1 Å². The summed E-state index contributed by atoms with van der Waals surface area (Å²) in [5.41, 5.74) is -1.25. The van der Waals surface area contributed by atoms with Gasteiger partial charge >= 0.3 is 6.09 Å². The number of ether oxygens (including phenoxy) is 2. The molecule has 212 valence electrons. The zero-order chi connectivity index (χ0) is 29.3. The number of anilines is 1. The highest BCUT2D eigenvalue weighted by Gasteiger charge is 2.86. The van der Waals surface area contributed by atoms with E-state index < -0.39 is 63.8 Å². The normalized spacial score (nSPS) is 33.6. The van der Waals surface area contributed by atoms with Crippen LogP contribution < -0.4 is 9.33 Å². The van der Waals surface area contributed by atoms with Gasteiger partial charge in [0.1, 0.15) is 23.0 Å². The average Bonchev–Trinajstić information content (AvgIpc) is 3.53. The Hall–Kier alpha value is -2.28. The molecule has 1 aromatic rings. The molecule has 2 aliphatic heterocycles. The van der Waals surface area contributed by atoms with E-state index in [0.29, 0.717) is 17.0 Å². The minimum Gasteiger partial charge on any atom is -0.543 e. The summed E-state index contributed by atoms with van der Waals surface area (Å²) in [6.07, 6.45) is 9.10. The topological polar surface area (TPSA) is 91.8 Å². The van der Waals surface area contributed by atoms with Crippen molar-refractivity contribution in [2.75, 3.05) is 11.5 Å². The number of carbonyl (C=O) groups is 1. The number of hydrogen-bond acceptors (Lipinski definition) is 6. The van der Waals surface area contributed by atoms with Crippen molar-refractivity contribution in [2.24, 2.45) is 11.8 Å². The van der Waals surface area contributed by atoms with Gasteiger partial charge in [-0.15, -0.1) is 12.8 Å². The number of terminal acetylenes is 2. The molecular weight excluding hydrogens is 527 g/mol. The van der Waals surface area contributed by atoms with Crippen molar-refractivity contribution in [1.82, 2.24) is 0 Å². The van der Waals surface area contributed by atoms with Gasteiger partial charge in [-0.25, -0.2) is 4.79 Å². The van der Waals surface area contributed by atoms with Gasteiger partial charge in [0.15, 0.2) is 0 Å². The molecule has 7 nitrogen and oxygen atoms in total. The van der Waals surface area contributed by atoms with Gasteiger partial charge in [-0.2, -0.15) is 0 Å². The van der Waals surface area contributed by atoms with Crippen molar-refractivity contribution in [3.8, 4) is 30.4 Å². The Labute approximate surface area is 235 Å². The first-order valence-electron chi connectivity index (χ1n) is 13.7. The second kappa shape index (κ2) is 9.39. The molecule has 0 unspecified atom stereocenters. The maximum Gasteiger partial charge on any atom is 0.415 e. The van der Waals surface area contributed by atoms with Crippen molar-refractivity contribution < 1.29 is 28.9 Å². The summed E-state index contributed by atoms with van der Waals surface area (Å²) in [4.78, 5) is 15.2. The standard InChI is InChI=1S/C30H43NO6Si2/c1-12-21-26(33)25(32)19(3)29-24(13-2)31(27(34)35-16-17-38(7,8)9)23-15-14-20(18-22(23)30(21,29)37-29)36-39(10,11)28(4,5)6/h1-2,14-15,18-19,21,24-26,32-33H,16-17H2,3-11H3/t19-,21+,24-,25-,26+,29-,30+/m0/s1. The van der Waals surface area contributed by atoms with Crippen LogP contribution in [0.25, 0.3) is 0 Å². The lowest BCUT2D eigenvalue weighted by atomic mass is 9.58. The third-order valence-electron chi connectivity index (χ3n) is 9.27. The molecule has 2 heterocycles. The third-order valence-corrected chi connectivity index (χ3v) is 15.3. The smallest absolute Gasteiger partial charge is 0.415 e. The highest BCUT2D eigenvalue weighted by atomic mass is 28.4. The predicted octanol–water partition coefficient (Wildman–Crippen LogP) is 4.95. The van der Waals surface area contributed by atoms with Gasteiger partial charge in [0.05, 0.1) is 30.4 Å². The molecule has 0 bridgehead atoms. The molecule has 0 radical (unpaired) electrons. The van der Waals surface area contributed by atoms with Crippen LogP contribution >= 0.6 is 0 Å². The first-order valence-corrected chi connectivity index (χ1v) is 20.3. The number of fused-ring (bicyclic) bond motifs is 1. The number of rotatable bonds is 5.